The van der Waals surface area contributed by atoms with Gasteiger partial charge in [-0.15, -0.1) is 0 Å². The summed E-state index contributed by atoms with van der Waals surface area (Å²) in [7, 11) is 0. The number of halogens is 1. The maximum absolute atomic E-state index is 13.1. The zero-order valence-electron chi connectivity index (χ0n) is 15.8. The first-order chi connectivity index (χ1) is 13.0. The molecule has 2 rings (SSSR count). The summed E-state index contributed by atoms with van der Waals surface area (Å²) >= 11 is 0. The van der Waals surface area contributed by atoms with Gasteiger partial charge in [-0.25, -0.2) is 9.18 Å². The number of nitrogens with one attached hydrogen (secondary N) is 2. The summed E-state index contributed by atoms with van der Waals surface area (Å²) in [6.07, 6.45) is 0.762. The summed E-state index contributed by atoms with van der Waals surface area (Å²) in [5, 5.41) is 5.56. The van der Waals surface area contributed by atoms with Crippen molar-refractivity contribution in [3.8, 4) is 0 Å². The number of urea groups is 1. The Morgan fingerprint density at radius 1 is 1.07 bits per heavy atom. The molecule has 5 nitrogen and oxygen atoms in total. The van der Waals surface area contributed by atoms with E-state index >= 15 is 0 Å². The molecule has 0 radical (unpaired) electrons. The molecular formula is C21H27FN2O3. The van der Waals surface area contributed by atoms with Crippen LogP contribution in [0.5, 0.6) is 0 Å². The fourth-order valence-electron chi connectivity index (χ4n) is 2.46. The second-order valence-corrected chi connectivity index (χ2v) is 6.43. The molecule has 0 atom stereocenters. The summed E-state index contributed by atoms with van der Waals surface area (Å²) in [6, 6.07) is 13.6. The van der Waals surface area contributed by atoms with E-state index in [1.165, 1.54) is 12.1 Å². The molecule has 0 fully saturated rings. The molecule has 0 aliphatic carbocycles. The predicted octanol–water partition coefficient (Wildman–Crippen LogP) is 4.13. The zero-order valence-corrected chi connectivity index (χ0v) is 15.8. The Balaban J connectivity index is 1.70. The van der Waals surface area contributed by atoms with Crippen molar-refractivity contribution in [1.29, 1.82) is 0 Å². The van der Waals surface area contributed by atoms with Crippen LogP contribution in [0, 0.1) is 5.82 Å². The SMILES string of the molecule is CC(C)OCCOCc1cccc(NC(=O)NCCc2cccc(F)c2)c1. The van der Waals surface area contributed by atoms with Gasteiger partial charge in [-0.1, -0.05) is 24.3 Å². The quantitative estimate of drug-likeness (QED) is 0.615. The molecule has 2 aromatic carbocycles. The van der Waals surface area contributed by atoms with E-state index in [9.17, 15) is 9.18 Å². The van der Waals surface area contributed by atoms with Crippen LogP contribution >= 0.6 is 0 Å². The van der Waals surface area contributed by atoms with E-state index in [0.29, 0.717) is 38.5 Å². The smallest absolute Gasteiger partial charge is 0.319 e. The van der Waals surface area contributed by atoms with Crippen LogP contribution in [-0.4, -0.2) is 31.9 Å². The number of benzene rings is 2. The number of carbonyl (C=O) groups is 1. The van der Waals surface area contributed by atoms with Crippen LogP contribution in [0.1, 0.15) is 25.0 Å². The van der Waals surface area contributed by atoms with Gasteiger partial charge in [-0.05, 0) is 55.7 Å². The Hall–Kier alpha value is -2.44. The molecule has 0 aromatic heterocycles. The third-order valence-corrected chi connectivity index (χ3v) is 3.72. The second-order valence-electron chi connectivity index (χ2n) is 6.43. The number of carbonyl (C=O) groups excluding carboxylic acids is 1. The van der Waals surface area contributed by atoms with Gasteiger partial charge in [-0.2, -0.15) is 0 Å². The second kappa shape index (κ2) is 11.3. The van der Waals surface area contributed by atoms with Crippen LogP contribution in [0.2, 0.25) is 0 Å². The highest BCUT2D eigenvalue weighted by molar-refractivity contribution is 5.89. The lowest BCUT2D eigenvalue weighted by Gasteiger charge is -2.10. The van der Waals surface area contributed by atoms with E-state index in [-0.39, 0.29) is 18.0 Å². The van der Waals surface area contributed by atoms with Crippen molar-refractivity contribution in [3.63, 3.8) is 0 Å². The highest BCUT2D eigenvalue weighted by Crippen LogP contribution is 2.11. The Morgan fingerprint density at radius 2 is 1.85 bits per heavy atom. The maximum atomic E-state index is 13.1. The number of hydrogen-bond donors (Lipinski definition) is 2. The van der Waals surface area contributed by atoms with E-state index < -0.39 is 0 Å². The normalized spacial score (nSPS) is 10.8. The number of rotatable bonds is 10. The summed E-state index contributed by atoms with van der Waals surface area (Å²) in [6.45, 7) is 5.93. The average Bonchev–Trinajstić information content (AvgIpc) is 2.61. The van der Waals surface area contributed by atoms with Gasteiger partial charge in [0.2, 0.25) is 0 Å². The Kier molecular flexibility index (Phi) is 8.74. The molecular weight excluding hydrogens is 347 g/mol. The highest BCUT2D eigenvalue weighted by Gasteiger charge is 2.03. The van der Waals surface area contributed by atoms with E-state index in [1.807, 2.05) is 44.2 Å². The highest BCUT2D eigenvalue weighted by atomic mass is 19.1. The minimum absolute atomic E-state index is 0.195. The summed E-state index contributed by atoms with van der Waals surface area (Å²) < 4.78 is 24.1. The minimum atomic E-state index is -0.296. The fraction of sp³-hybridized carbons (Fsp3) is 0.381. The van der Waals surface area contributed by atoms with Gasteiger partial charge in [0.05, 0.1) is 25.9 Å². The summed E-state index contributed by atoms with van der Waals surface area (Å²) in [5.74, 6) is -0.272. The molecule has 0 heterocycles. The Bertz CT molecular complexity index is 722. The summed E-state index contributed by atoms with van der Waals surface area (Å²) in [4.78, 5) is 12.0. The lowest BCUT2D eigenvalue weighted by molar-refractivity contribution is 0.0143. The molecule has 0 aliphatic rings. The van der Waals surface area contributed by atoms with Gasteiger partial charge < -0.3 is 20.1 Å². The lowest BCUT2D eigenvalue weighted by Crippen LogP contribution is -2.30. The zero-order chi connectivity index (χ0) is 19.5. The van der Waals surface area contributed by atoms with Crippen molar-refractivity contribution >= 4 is 11.7 Å². The first-order valence-corrected chi connectivity index (χ1v) is 9.10. The van der Waals surface area contributed by atoms with Crippen LogP contribution in [0.4, 0.5) is 14.9 Å². The summed E-state index contributed by atoms with van der Waals surface area (Å²) in [5.41, 5.74) is 2.51. The minimum Gasteiger partial charge on any atom is -0.376 e. The third kappa shape index (κ3) is 8.66. The lowest BCUT2D eigenvalue weighted by atomic mass is 10.1. The first kappa shape index (κ1) is 20.9. The van der Waals surface area contributed by atoms with Gasteiger partial charge in [0, 0.05) is 12.2 Å². The molecule has 0 saturated carbocycles. The Labute approximate surface area is 159 Å². The largest absolute Gasteiger partial charge is 0.376 e. The van der Waals surface area contributed by atoms with Crippen LogP contribution in [0.3, 0.4) is 0 Å². The number of hydrogen-bond acceptors (Lipinski definition) is 3. The van der Waals surface area contributed by atoms with Crippen molar-refractivity contribution in [2.45, 2.75) is 33.0 Å². The van der Waals surface area contributed by atoms with E-state index in [2.05, 4.69) is 10.6 Å². The molecule has 0 bridgehead atoms. The fourth-order valence-corrected chi connectivity index (χ4v) is 2.46. The molecule has 0 aliphatic heterocycles. The van der Waals surface area contributed by atoms with Crippen molar-refractivity contribution < 1.29 is 18.7 Å². The van der Waals surface area contributed by atoms with Crippen molar-refractivity contribution in [2.24, 2.45) is 0 Å². The molecule has 6 heteroatoms. The van der Waals surface area contributed by atoms with E-state index in [1.54, 1.807) is 6.07 Å². The molecule has 0 spiro atoms. The number of ether oxygens (including phenoxy) is 2. The molecule has 0 unspecified atom stereocenters. The van der Waals surface area contributed by atoms with Crippen LogP contribution in [0.15, 0.2) is 48.5 Å². The van der Waals surface area contributed by atoms with Gasteiger partial charge in [0.15, 0.2) is 0 Å². The predicted molar refractivity (Wildman–Crippen MR) is 104 cm³/mol. The standard InChI is InChI=1S/C21H27FN2O3/c1-16(2)27-12-11-26-15-18-6-4-8-20(14-18)24-21(25)23-10-9-17-5-3-7-19(22)13-17/h3-8,13-14,16H,9-12,15H2,1-2H3,(H2,23,24,25). The van der Waals surface area contributed by atoms with Crippen molar-refractivity contribution in [1.82, 2.24) is 5.32 Å². The maximum Gasteiger partial charge on any atom is 0.319 e. The van der Waals surface area contributed by atoms with Crippen LogP contribution in [-0.2, 0) is 22.5 Å². The van der Waals surface area contributed by atoms with E-state index in [4.69, 9.17) is 9.47 Å². The molecule has 0 saturated heterocycles. The topological polar surface area (TPSA) is 59.6 Å². The van der Waals surface area contributed by atoms with Crippen molar-refractivity contribution in [3.05, 3.63) is 65.5 Å². The van der Waals surface area contributed by atoms with Crippen LogP contribution < -0.4 is 10.6 Å². The number of amides is 2. The molecule has 2 N–H and O–H groups in total. The van der Waals surface area contributed by atoms with Gasteiger partial charge >= 0.3 is 6.03 Å². The molecule has 146 valence electrons. The molecule has 2 aromatic rings. The van der Waals surface area contributed by atoms with Gasteiger partial charge in [-0.3, -0.25) is 0 Å². The van der Waals surface area contributed by atoms with E-state index in [0.717, 1.165) is 11.1 Å². The van der Waals surface area contributed by atoms with Crippen molar-refractivity contribution in [2.75, 3.05) is 25.1 Å². The average molecular weight is 374 g/mol. The van der Waals surface area contributed by atoms with Gasteiger partial charge in [0.1, 0.15) is 5.82 Å². The van der Waals surface area contributed by atoms with Gasteiger partial charge in [0.25, 0.3) is 0 Å². The molecule has 2 amide bonds. The first-order valence-electron chi connectivity index (χ1n) is 9.10. The van der Waals surface area contributed by atoms with Crippen LogP contribution in [0.25, 0.3) is 0 Å². The molecule has 27 heavy (non-hydrogen) atoms. The number of anilines is 1. The monoisotopic (exact) mass is 374 g/mol. The third-order valence-electron chi connectivity index (χ3n) is 3.72. The Morgan fingerprint density at radius 3 is 2.63 bits per heavy atom.